The van der Waals surface area contributed by atoms with Crippen LogP contribution in [0.3, 0.4) is 0 Å². The SMILES string of the molecule is O=[As]([O-])([O-])[O-].[Sm+3]. The number of rotatable bonds is 0. The molecule has 0 aromatic rings. The van der Waals surface area contributed by atoms with Crippen LogP contribution < -0.4 is 12.3 Å². The molecule has 0 aromatic carbocycles. The molecule has 0 N–H and O–H groups in total. The molecule has 0 aliphatic rings. The predicted molar refractivity (Wildman–Crippen MR) is 6.44 cm³/mol. The first kappa shape index (κ1) is 10.5. The molecular formula is AsO4Sm. The van der Waals surface area contributed by atoms with E-state index < -0.39 is 14.5 Å². The van der Waals surface area contributed by atoms with Crippen LogP contribution in [0.2, 0.25) is 0 Å². The fourth-order valence-electron chi connectivity index (χ4n) is 0. The van der Waals surface area contributed by atoms with Crippen LogP contribution in [0.1, 0.15) is 0 Å². The molecule has 0 heterocycles. The van der Waals surface area contributed by atoms with E-state index >= 15 is 0 Å². The van der Waals surface area contributed by atoms with Gasteiger partial charge in [0.2, 0.25) is 0 Å². The van der Waals surface area contributed by atoms with E-state index in [1.165, 1.54) is 0 Å². The van der Waals surface area contributed by atoms with E-state index in [0.29, 0.717) is 0 Å². The maximum atomic E-state index is 8.61. The van der Waals surface area contributed by atoms with Crippen molar-refractivity contribution < 1.29 is 56.4 Å². The van der Waals surface area contributed by atoms with Gasteiger partial charge in [0.15, 0.2) is 0 Å². The molecule has 0 saturated carbocycles. The third-order valence-corrected chi connectivity index (χ3v) is 0. The summed E-state index contributed by atoms with van der Waals surface area (Å²) in [7, 11) is 0. The van der Waals surface area contributed by atoms with Crippen molar-refractivity contribution in [2.45, 2.75) is 0 Å². The summed E-state index contributed by atoms with van der Waals surface area (Å²) in [6.07, 6.45) is 0. The molecule has 0 unspecified atom stereocenters. The standard InChI is InChI=1S/AsH3O4.Sm/c2-1(3,4)5;/h(H3,2,3,4,5);/q;+3/p-3. The molecule has 0 aromatic heterocycles. The van der Waals surface area contributed by atoms with Crippen molar-refractivity contribution in [3.05, 3.63) is 0 Å². The van der Waals surface area contributed by atoms with Gasteiger partial charge in [0, 0.05) is 0 Å². The van der Waals surface area contributed by atoms with Gasteiger partial charge in [0.05, 0.1) is 0 Å². The molecule has 0 bridgehead atoms. The van der Waals surface area contributed by atoms with Gasteiger partial charge < -0.3 is 0 Å². The summed E-state index contributed by atoms with van der Waals surface area (Å²) in [5.41, 5.74) is 0. The topological polar surface area (TPSA) is 86.2 Å². The van der Waals surface area contributed by atoms with Crippen LogP contribution in [0.5, 0.6) is 0 Å². The van der Waals surface area contributed by atoms with Gasteiger partial charge in [-0.25, -0.2) is 0 Å². The zero-order chi connectivity index (χ0) is 4.50. The van der Waals surface area contributed by atoms with Crippen molar-refractivity contribution in [2.24, 2.45) is 0 Å². The van der Waals surface area contributed by atoms with Crippen molar-refractivity contribution in [3.63, 3.8) is 0 Å². The van der Waals surface area contributed by atoms with Crippen LogP contribution in [-0.2, 0) is 3.74 Å². The summed E-state index contributed by atoms with van der Waals surface area (Å²) in [6.45, 7) is 0. The van der Waals surface area contributed by atoms with Crippen molar-refractivity contribution in [1.82, 2.24) is 0 Å². The maximum absolute atomic E-state index is 8.61. The average molecular weight is 289 g/mol. The van der Waals surface area contributed by atoms with Crippen molar-refractivity contribution >= 4 is 14.5 Å². The van der Waals surface area contributed by atoms with Gasteiger partial charge in [-0.15, -0.1) is 0 Å². The summed E-state index contributed by atoms with van der Waals surface area (Å²) in [6, 6.07) is 0. The zero-order valence-corrected chi connectivity index (χ0v) is 6.98. The van der Waals surface area contributed by atoms with Crippen LogP contribution in [0.25, 0.3) is 0 Å². The van der Waals surface area contributed by atoms with E-state index in [1.807, 2.05) is 0 Å². The summed E-state index contributed by atoms with van der Waals surface area (Å²) in [4.78, 5) is 0. The first-order chi connectivity index (χ1) is 2.00. The fourth-order valence-corrected chi connectivity index (χ4v) is 0. The van der Waals surface area contributed by atoms with Gasteiger partial charge >= 0.3 is 70.9 Å². The summed E-state index contributed by atoms with van der Waals surface area (Å²) in [5.74, 6) is 0. The second kappa shape index (κ2) is 3.56. The second-order valence-corrected chi connectivity index (χ2v) is 2.32. The molecular weight excluding hydrogens is 289 g/mol. The van der Waals surface area contributed by atoms with Gasteiger partial charge in [-0.2, -0.15) is 0 Å². The molecule has 0 amide bonds. The normalized spacial score (nSPS) is 9.83. The molecule has 35 valence electrons. The Bertz CT molecular complexity index is 53.7. The fraction of sp³-hybridized carbons (Fsp3) is 0. The second-order valence-electron chi connectivity index (χ2n) is 0.447. The maximum Gasteiger partial charge on any atom is 3.00 e. The van der Waals surface area contributed by atoms with Crippen molar-refractivity contribution in [2.75, 3.05) is 0 Å². The molecule has 0 spiro atoms. The van der Waals surface area contributed by atoms with Gasteiger partial charge in [-0.3, -0.25) is 0 Å². The van der Waals surface area contributed by atoms with E-state index in [-0.39, 0.29) is 40.4 Å². The Morgan fingerprint density at radius 1 is 1.17 bits per heavy atom. The Labute approximate surface area is 70.0 Å². The zero-order valence-electron chi connectivity index (χ0n) is 2.49. The molecule has 6 heteroatoms. The van der Waals surface area contributed by atoms with E-state index in [4.69, 9.17) is 16.0 Å². The summed E-state index contributed by atoms with van der Waals surface area (Å²) in [5, 5.41) is 0. The monoisotopic (exact) mass is 291 g/mol. The molecule has 1 radical (unpaired) electrons. The van der Waals surface area contributed by atoms with Gasteiger partial charge in [0.1, 0.15) is 0 Å². The van der Waals surface area contributed by atoms with Crippen LogP contribution >= 0.6 is 0 Å². The largest absolute Gasteiger partial charge is 3.00 e. The van der Waals surface area contributed by atoms with E-state index in [0.717, 1.165) is 0 Å². The minimum absolute atomic E-state index is 0. The van der Waals surface area contributed by atoms with E-state index in [9.17, 15) is 0 Å². The molecule has 0 rings (SSSR count). The first-order valence-corrected chi connectivity index (χ1v) is 3.79. The van der Waals surface area contributed by atoms with Crippen molar-refractivity contribution in [3.8, 4) is 0 Å². The van der Waals surface area contributed by atoms with E-state index in [2.05, 4.69) is 0 Å². The molecule has 0 fully saturated rings. The quantitative estimate of drug-likeness (QED) is 0.425. The molecule has 0 aliphatic heterocycles. The molecule has 4 nitrogen and oxygen atoms in total. The predicted octanol–water partition coefficient (Wildman–Crippen LogP) is -4.07. The Balaban J connectivity index is 0. The Kier molecular flexibility index (Phi) is 6.26. The van der Waals surface area contributed by atoms with Crippen molar-refractivity contribution in [1.29, 1.82) is 0 Å². The van der Waals surface area contributed by atoms with Crippen LogP contribution in [0.15, 0.2) is 0 Å². The molecule has 0 atom stereocenters. The smallest absolute Gasteiger partial charge is 3.00 e. The minimum atomic E-state index is -5.88. The van der Waals surface area contributed by atoms with Crippen LogP contribution in [-0.4, -0.2) is 14.5 Å². The summed E-state index contributed by atoms with van der Waals surface area (Å²) >= 11 is -5.88. The number of hydrogen-bond acceptors (Lipinski definition) is 4. The average Bonchev–Trinajstić information content (AvgIpc) is 0.722. The molecule has 0 aliphatic carbocycles. The Morgan fingerprint density at radius 3 is 1.17 bits per heavy atom. The first-order valence-electron chi connectivity index (χ1n) is 0.730. The molecule has 0 saturated heterocycles. The number of hydrogen-bond donors (Lipinski definition) is 0. The third kappa shape index (κ3) is 47.0. The Hall–Kier alpha value is 1.58. The summed E-state index contributed by atoms with van der Waals surface area (Å²) < 4.78 is 34.4. The Morgan fingerprint density at radius 2 is 1.17 bits per heavy atom. The van der Waals surface area contributed by atoms with E-state index in [1.54, 1.807) is 0 Å². The minimum Gasteiger partial charge on any atom is 3.00 e. The molecule has 6 heavy (non-hydrogen) atoms. The van der Waals surface area contributed by atoms with Gasteiger partial charge in [-0.1, -0.05) is 0 Å². The van der Waals surface area contributed by atoms with Gasteiger partial charge in [0.25, 0.3) is 0 Å². The van der Waals surface area contributed by atoms with Gasteiger partial charge in [-0.05, 0) is 0 Å². The van der Waals surface area contributed by atoms with Crippen LogP contribution in [0, 0.1) is 40.4 Å². The third-order valence-electron chi connectivity index (χ3n) is 0. The van der Waals surface area contributed by atoms with Crippen LogP contribution in [0.4, 0.5) is 0 Å².